The van der Waals surface area contributed by atoms with Gasteiger partial charge in [-0.15, -0.1) is 0 Å². The number of hydrogen-bond acceptors (Lipinski definition) is 3. The normalized spacial score (nSPS) is 23.7. The Morgan fingerprint density at radius 1 is 1.80 bits per heavy atom. The molecular weight excluding hydrogens is 132 g/mol. The molecule has 1 unspecified atom stereocenters. The van der Waals surface area contributed by atoms with Gasteiger partial charge in [0.25, 0.3) is 0 Å². The van der Waals surface area contributed by atoms with Gasteiger partial charge in [-0.25, -0.2) is 0 Å². The second-order valence-corrected chi connectivity index (χ2v) is 2.31. The molecule has 0 aliphatic heterocycles. The average Bonchev–Trinajstić information content (AvgIpc) is 1.85. The van der Waals surface area contributed by atoms with Gasteiger partial charge in [-0.05, 0) is 13.3 Å². The van der Waals surface area contributed by atoms with Gasteiger partial charge in [-0.2, -0.15) is 0 Å². The van der Waals surface area contributed by atoms with Gasteiger partial charge in [-0.1, -0.05) is 0 Å². The van der Waals surface area contributed by atoms with Crippen LogP contribution in [0.1, 0.15) is 19.8 Å². The van der Waals surface area contributed by atoms with E-state index in [0.29, 0.717) is 19.4 Å². The maximum Gasteiger partial charge on any atom is 0.316 e. The van der Waals surface area contributed by atoms with E-state index in [1.807, 2.05) is 0 Å². The standard InChI is InChI=1S/C7H10O3/c1-2-10-7(9)5-3-4-6(5)8/h5H,2-4H2,1H3. The fourth-order valence-corrected chi connectivity index (χ4v) is 0.899. The maximum absolute atomic E-state index is 10.8. The van der Waals surface area contributed by atoms with Crippen LogP contribution in [0.5, 0.6) is 0 Å². The van der Waals surface area contributed by atoms with E-state index < -0.39 is 5.92 Å². The Morgan fingerprint density at radius 3 is 2.80 bits per heavy atom. The van der Waals surface area contributed by atoms with Crippen LogP contribution < -0.4 is 0 Å². The van der Waals surface area contributed by atoms with Crippen molar-refractivity contribution in [3.63, 3.8) is 0 Å². The second-order valence-electron chi connectivity index (χ2n) is 2.31. The van der Waals surface area contributed by atoms with E-state index in [1.54, 1.807) is 6.92 Å². The predicted molar refractivity (Wildman–Crippen MR) is 34.4 cm³/mol. The molecule has 0 aromatic rings. The van der Waals surface area contributed by atoms with Gasteiger partial charge in [-0.3, -0.25) is 9.59 Å². The summed E-state index contributed by atoms with van der Waals surface area (Å²) in [6.07, 6.45) is 1.22. The van der Waals surface area contributed by atoms with Crippen molar-refractivity contribution in [3.8, 4) is 0 Å². The van der Waals surface area contributed by atoms with Crippen molar-refractivity contribution >= 4 is 11.8 Å². The van der Waals surface area contributed by atoms with Gasteiger partial charge >= 0.3 is 5.97 Å². The molecule has 1 atom stereocenters. The first-order chi connectivity index (χ1) is 4.75. The summed E-state index contributed by atoms with van der Waals surface area (Å²) in [6.45, 7) is 2.10. The topological polar surface area (TPSA) is 43.4 Å². The molecule has 0 aromatic heterocycles. The summed E-state index contributed by atoms with van der Waals surface area (Å²) in [5.74, 6) is -0.753. The number of ketones is 1. The number of carbonyl (C=O) groups excluding carboxylic acids is 2. The highest BCUT2D eigenvalue weighted by Crippen LogP contribution is 2.23. The van der Waals surface area contributed by atoms with Crippen molar-refractivity contribution in [1.29, 1.82) is 0 Å². The lowest BCUT2D eigenvalue weighted by atomic mass is 9.84. The highest BCUT2D eigenvalue weighted by atomic mass is 16.5. The molecule has 0 saturated heterocycles. The molecule has 10 heavy (non-hydrogen) atoms. The molecule has 1 aliphatic rings. The summed E-state index contributed by atoms with van der Waals surface area (Å²) in [4.78, 5) is 21.4. The molecule has 0 bridgehead atoms. The minimum absolute atomic E-state index is 0.0263. The van der Waals surface area contributed by atoms with Crippen molar-refractivity contribution in [1.82, 2.24) is 0 Å². The summed E-state index contributed by atoms with van der Waals surface area (Å²) >= 11 is 0. The molecule has 1 aliphatic carbocycles. The summed E-state index contributed by atoms with van der Waals surface area (Å²) in [5, 5.41) is 0. The van der Waals surface area contributed by atoms with Crippen molar-refractivity contribution in [2.45, 2.75) is 19.8 Å². The van der Waals surface area contributed by atoms with Crippen LogP contribution in [0.2, 0.25) is 0 Å². The van der Waals surface area contributed by atoms with Crippen LogP contribution in [-0.4, -0.2) is 18.4 Å². The van der Waals surface area contributed by atoms with E-state index in [-0.39, 0.29) is 11.8 Å². The van der Waals surface area contributed by atoms with Gasteiger partial charge in [0.05, 0.1) is 6.61 Å². The van der Waals surface area contributed by atoms with E-state index in [1.165, 1.54) is 0 Å². The van der Waals surface area contributed by atoms with Crippen LogP contribution in [0.3, 0.4) is 0 Å². The molecule has 3 heteroatoms. The Labute approximate surface area is 59.4 Å². The number of carbonyl (C=O) groups is 2. The molecule has 0 N–H and O–H groups in total. The van der Waals surface area contributed by atoms with E-state index in [0.717, 1.165) is 0 Å². The number of hydrogen-bond donors (Lipinski definition) is 0. The Kier molecular flexibility index (Phi) is 2.04. The highest BCUT2D eigenvalue weighted by Gasteiger charge is 2.35. The van der Waals surface area contributed by atoms with Gasteiger partial charge < -0.3 is 4.74 Å². The van der Waals surface area contributed by atoms with Crippen LogP contribution in [0.15, 0.2) is 0 Å². The third-order valence-corrected chi connectivity index (χ3v) is 1.64. The largest absolute Gasteiger partial charge is 0.465 e. The first kappa shape index (κ1) is 7.25. The molecule has 0 amide bonds. The van der Waals surface area contributed by atoms with E-state index in [9.17, 15) is 9.59 Å². The van der Waals surface area contributed by atoms with Gasteiger partial charge in [0.2, 0.25) is 0 Å². The van der Waals surface area contributed by atoms with Crippen LogP contribution in [-0.2, 0) is 14.3 Å². The van der Waals surface area contributed by atoms with Crippen LogP contribution in [0, 0.1) is 5.92 Å². The third-order valence-electron chi connectivity index (χ3n) is 1.64. The van der Waals surface area contributed by atoms with Crippen LogP contribution >= 0.6 is 0 Å². The SMILES string of the molecule is CCOC(=O)C1CCC1=O. The number of esters is 1. The predicted octanol–water partition coefficient (Wildman–Crippen LogP) is 0.529. The zero-order valence-corrected chi connectivity index (χ0v) is 5.92. The molecule has 3 nitrogen and oxygen atoms in total. The lowest BCUT2D eigenvalue weighted by Crippen LogP contribution is -2.34. The van der Waals surface area contributed by atoms with Crippen LogP contribution in [0.4, 0.5) is 0 Å². The molecule has 56 valence electrons. The number of rotatable bonds is 2. The van der Waals surface area contributed by atoms with Crippen molar-refractivity contribution in [3.05, 3.63) is 0 Å². The van der Waals surface area contributed by atoms with Crippen LogP contribution in [0.25, 0.3) is 0 Å². The van der Waals surface area contributed by atoms with Gasteiger partial charge in [0.15, 0.2) is 0 Å². The second kappa shape index (κ2) is 2.82. The van der Waals surface area contributed by atoms with E-state index in [4.69, 9.17) is 0 Å². The van der Waals surface area contributed by atoms with Crippen molar-refractivity contribution in [2.24, 2.45) is 5.92 Å². The minimum Gasteiger partial charge on any atom is -0.465 e. The Morgan fingerprint density at radius 2 is 2.50 bits per heavy atom. The molecule has 1 rings (SSSR count). The first-order valence-corrected chi connectivity index (χ1v) is 3.45. The molecule has 0 spiro atoms. The maximum atomic E-state index is 10.8. The zero-order valence-electron chi connectivity index (χ0n) is 5.92. The average molecular weight is 142 g/mol. The molecule has 0 radical (unpaired) electrons. The monoisotopic (exact) mass is 142 g/mol. The Hall–Kier alpha value is -0.860. The summed E-state index contributed by atoms with van der Waals surface area (Å²) < 4.78 is 4.66. The zero-order chi connectivity index (χ0) is 7.56. The lowest BCUT2D eigenvalue weighted by molar-refractivity contribution is -0.155. The van der Waals surface area contributed by atoms with E-state index >= 15 is 0 Å². The minimum atomic E-state index is -0.431. The van der Waals surface area contributed by atoms with E-state index in [2.05, 4.69) is 4.74 Å². The fourth-order valence-electron chi connectivity index (χ4n) is 0.899. The smallest absolute Gasteiger partial charge is 0.316 e. The third kappa shape index (κ3) is 1.17. The van der Waals surface area contributed by atoms with Crippen molar-refractivity contribution in [2.75, 3.05) is 6.61 Å². The molecule has 0 aromatic carbocycles. The molecular formula is C7H10O3. The van der Waals surface area contributed by atoms with Gasteiger partial charge in [0.1, 0.15) is 11.7 Å². The molecule has 0 heterocycles. The summed E-state index contributed by atoms with van der Waals surface area (Å²) in [5.41, 5.74) is 0. The van der Waals surface area contributed by atoms with Gasteiger partial charge in [0, 0.05) is 6.42 Å². The number of Topliss-reactive ketones (excluding diaryl/α,β-unsaturated/α-hetero) is 1. The molecule has 1 fully saturated rings. The van der Waals surface area contributed by atoms with Crippen molar-refractivity contribution < 1.29 is 14.3 Å². The summed E-state index contributed by atoms with van der Waals surface area (Å²) in [7, 11) is 0. The fraction of sp³-hybridized carbons (Fsp3) is 0.714. The quantitative estimate of drug-likeness (QED) is 0.417. The molecule has 1 saturated carbocycles. The first-order valence-electron chi connectivity index (χ1n) is 3.45. The Bertz CT molecular complexity index is 162. The highest BCUT2D eigenvalue weighted by molar-refractivity contribution is 6.03. The Balaban J connectivity index is 2.34. The lowest BCUT2D eigenvalue weighted by Gasteiger charge is -2.21. The number of ether oxygens (including phenoxy) is 1. The summed E-state index contributed by atoms with van der Waals surface area (Å²) in [6, 6.07) is 0.